The van der Waals surface area contributed by atoms with Crippen LogP contribution in [0.1, 0.15) is 12.8 Å². The lowest BCUT2D eigenvalue weighted by molar-refractivity contribution is -0.121. The minimum atomic E-state index is -0.00457. The fraction of sp³-hybridized carbons (Fsp3) is 0.308. The van der Waals surface area contributed by atoms with Crippen LogP contribution in [0.15, 0.2) is 30.5 Å². The molecule has 2 rings (SSSR count). The SMILES string of the molecule is C=C1NC(=O)CCC1Nc1cc(Cl)ccc1OC. The molecule has 0 aromatic heterocycles. The second-order valence-corrected chi connectivity index (χ2v) is 4.59. The van der Waals surface area contributed by atoms with E-state index in [9.17, 15) is 4.79 Å². The van der Waals surface area contributed by atoms with E-state index in [1.165, 1.54) is 0 Å². The number of piperidine rings is 1. The molecule has 0 spiro atoms. The van der Waals surface area contributed by atoms with Crippen LogP contribution in [0, 0.1) is 0 Å². The molecular weight excluding hydrogens is 252 g/mol. The maximum atomic E-state index is 11.2. The monoisotopic (exact) mass is 266 g/mol. The van der Waals surface area contributed by atoms with Crippen LogP contribution in [-0.4, -0.2) is 19.1 Å². The Morgan fingerprint density at radius 2 is 2.33 bits per heavy atom. The molecule has 96 valence electrons. The first-order valence-corrected chi connectivity index (χ1v) is 6.06. The Kier molecular flexibility index (Phi) is 3.77. The van der Waals surface area contributed by atoms with E-state index in [-0.39, 0.29) is 11.9 Å². The summed E-state index contributed by atoms with van der Waals surface area (Å²) >= 11 is 5.96. The summed E-state index contributed by atoms with van der Waals surface area (Å²) in [4.78, 5) is 11.2. The Balaban J connectivity index is 2.16. The first-order valence-electron chi connectivity index (χ1n) is 5.69. The van der Waals surface area contributed by atoms with Gasteiger partial charge in [0.2, 0.25) is 5.91 Å². The van der Waals surface area contributed by atoms with Crippen molar-refractivity contribution in [3.05, 3.63) is 35.5 Å². The first kappa shape index (κ1) is 12.8. The lowest BCUT2D eigenvalue weighted by Crippen LogP contribution is -2.39. The Morgan fingerprint density at radius 3 is 3.00 bits per heavy atom. The zero-order valence-electron chi connectivity index (χ0n) is 10.1. The van der Waals surface area contributed by atoms with Gasteiger partial charge in [0.05, 0.1) is 18.8 Å². The summed E-state index contributed by atoms with van der Waals surface area (Å²) in [5.74, 6) is 0.722. The van der Waals surface area contributed by atoms with E-state index < -0.39 is 0 Å². The molecule has 2 N–H and O–H groups in total. The quantitative estimate of drug-likeness (QED) is 0.884. The number of halogens is 1. The molecule has 0 aliphatic carbocycles. The van der Waals surface area contributed by atoms with Crippen LogP contribution in [0.25, 0.3) is 0 Å². The van der Waals surface area contributed by atoms with Crippen molar-refractivity contribution in [2.45, 2.75) is 18.9 Å². The normalized spacial score (nSPS) is 19.3. The molecule has 4 nitrogen and oxygen atoms in total. The van der Waals surface area contributed by atoms with Gasteiger partial charge >= 0.3 is 0 Å². The van der Waals surface area contributed by atoms with Gasteiger partial charge in [0.15, 0.2) is 0 Å². The number of benzene rings is 1. The van der Waals surface area contributed by atoms with Gasteiger partial charge in [-0.25, -0.2) is 0 Å². The third-order valence-electron chi connectivity index (χ3n) is 2.87. The van der Waals surface area contributed by atoms with Crippen molar-refractivity contribution in [1.82, 2.24) is 5.32 Å². The molecule has 0 saturated carbocycles. The number of carbonyl (C=O) groups excluding carboxylic acids is 1. The zero-order valence-corrected chi connectivity index (χ0v) is 10.9. The summed E-state index contributed by atoms with van der Waals surface area (Å²) in [7, 11) is 1.60. The van der Waals surface area contributed by atoms with E-state index in [1.807, 2.05) is 0 Å². The van der Waals surface area contributed by atoms with Crippen molar-refractivity contribution < 1.29 is 9.53 Å². The average molecular weight is 267 g/mol. The van der Waals surface area contributed by atoms with Crippen LogP contribution in [0.5, 0.6) is 5.75 Å². The topological polar surface area (TPSA) is 50.4 Å². The van der Waals surface area contributed by atoms with Crippen molar-refractivity contribution in [1.29, 1.82) is 0 Å². The highest BCUT2D eigenvalue weighted by molar-refractivity contribution is 6.30. The number of carbonyl (C=O) groups is 1. The summed E-state index contributed by atoms with van der Waals surface area (Å²) in [6, 6.07) is 5.36. The number of rotatable bonds is 3. The molecule has 1 atom stereocenters. The average Bonchev–Trinajstić information content (AvgIpc) is 2.33. The maximum absolute atomic E-state index is 11.2. The molecule has 1 aliphatic rings. The minimum absolute atomic E-state index is 0.00457. The van der Waals surface area contributed by atoms with E-state index in [4.69, 9.17) is 16.3 Å². The number of ether oxygens (including phenoxy) is 1. The molecule has 1 aliphatic heterocycles. The molecule has 1 fully saturated rings. The molecular formula is C13H15ClN2O2. The minimum Gasteiger partial charge on any atom is -0.495 e. The number of nitrogens with one attached hydrogen (secondary N) is 2. The predicted molar refractivity (Wildman–Crippen MR) is 71.9 cm³/mol. The van der Waals surface area contributed by atoms with E-state index >= 15 is 0 Å². The summed E-state index contributed by atoms with van der Waals surface area (Å²) < 4.78 is 5.26. The third-order valence-corrected chi connectivity index (χ3v) is 3.11. The van der Waals surface area contributed by atoms with Crippen molar-refractivity contribution in [3.63, 3.8) is 0 Å². The van der Waals surface area contributed by atoms with Crippen LogP contribution >= 0.6 is 11.6 Å². The van der Waals surface area contributed by atoms with Crippen LogP contribution < -0.4 is 15.4 Å². The number of methoxy groups -OCH3 is 1. The van der Waals surface area contributed by atoms with Crippen LogP contribution in [-0.2, 0) is 4.79 Å². The smallest absolute Gasteiger partial charge is 0.224 e. The van der Waals surface area contributed by atoms with E-state index in [0.29, 0.717) is 29.3 Å². The Hall–Kier alpha value is -1.68. The Morgan fingerprint density at radius 1 is 1.56 bits per heavy atom. The van der Waals surface area contributed by atoms with Gasteiger partial charge in [-0.05, 0) is 24.6 Å². The van der Waals surface area contributed by atoms with Gasteiger partial charge in [-0.3, -0.25) is 4.79 Å². The van der Waals surface area contributed by atoms with Crippen LogP contribution in [0.4, 0.5) is 5.69 Å². The second-order valence-electron chi connectivity index (χ2n) is 4.15. The standard InChI is InChI=1S/C13H15ClN2O2/c1-8-10(4-6-13(17)15-8)16-11-7-9(14)3-5-12(11)18-2/h3,5,7,10,16H,1,4,6H2,2H3,(H,15,17). The fourth-order valence-electron chi connectivity index (χ4n) is 1.92. The largest absolute Gasteiger partial charge is 0.495 e. The molecule has 1 aromatic carbocycles. The molecule has 1 unspecified atom stereocenters. The van der Waals surface area contributed by atoms with Gasteiger partial charge in [0.1, 0.15) is 5.75 Å². The van der Waals surface area contributed by atoms with E-state index in [2.05, 4.69) is 17.2 Å². The summed E-state index contributed by atoms with van der Waals surface area (Å²) in [5, 5.41) is 6.65. The highest BCUT2D eigenvalue weighted by Crippen LogP contribution is 2.30. The van der Waals surface area contributed by atoms with Crippen molar-refractivity contribution in [2.75, 3.05) is 12.4 Å². The number of hydrogen-bond acceptors (Lipinski definition) is 3. The van der Waals surface area contributed by atoms with Gasteiger partial charge in [-0.2, -0.15) is 0 Å². The van der Waals surface area contributed by atoms with Gasteiger partial charge < -0.3 is 15.4 Å². The molecule has 1 heterocycles. The highest BCUT2D eigenvalue weighted by atomic mass is 35.5. The molecule has 5 heteroatoms. The molecule has 0 bridgehead atoms. The van der Waals surface area contributed by atoms with Crippen LogP contribution in [0.2, 0.25) is 5.02 Å². The van der Waals surface area contributed by atoms with Gasteiger partial charge in [0, 0.05) is 17.1 Å². The number of hydrogen-bond donors (Lipinski definition) is 2. The first-order chi connectivity index (χ1) is 8.60. The third kappa shape index (κ3) is 2.76. The van der Waals surface area contributed by atoms with E-state index in [1.54, 1.807) is 25.3 Å². The Labute approximate surface area is 111 Å². The molecule has 18 heavy (non-hydrogen) atoms. The van der Waals surface area contributed by atoms with Gasteiger partial charge in [0.25, 0.3) is 0 Å². The molecule has 1 saturated heterocycles. The van der Waals surface area contributed by atoms with Gasteiger partial charge in [-0.15, -0.1) is 0 Å². The van der Waals surface area contributed by atoms with E-state index in [0.717, 1.165) is 5.69 Å². The maximum Gasteiger partial charge on any atom is 0.224 e. The fourth-order valence-corrected chi connectivity index (χ4v) is 2.09. The van der Waals surface area contributed by atoms with Crippen molar-refractivity contribution >= 4 is 23.2 Å². The predicted octanol–water partition coefficient (Wildman–Crippen LogP) is 2.55. The van der Waals surface area contributed by atoms with Gasteiger partial charge in [-0.1, -0.05) is 18.2 Å². The van der Waals surface area contributed by atoms with Crippen molar-refractivity contribution in [3.8, 4) is 5.75 Å². The lowest BCUT2D eigenvalue weighted by Gasteiger charge is -2.27. The molecule has 1 amide bonds. The number of anilines is 1. The Bertz CT molecular complexity index is 488. The van der Waals surface area contributed by atoms with Crippen molar-refractivity contribution in [2.24, 2.45) is 0 Å². The molecule has 0 radical (unpaired) electrons. The second kappa shape index (κ2) is 5.31. The number of amides is 1. The highest BCUT2D eigenvalue weighted by Gasteiger charge is 2.22. The summed E-state index contributed by atoms with van der Waals surface area (Å²) in [5.41, 5.74) is 1.47. The van der Waals surface area contributed by atoms with Crippen LogP contribution in [0.3, 0.4) is 0 Å². The summed E-state index contributed by atoms with van der Waals surface area (Å²) in [6.45, 7) is 3.85. The zero-order chi connectivity index (χ0) is 13.1. The summed E-state index contributed by atoms with van der Waals surface area (Å²) in [6.07, 6.45) is 1.19. The molecule has 1 aromatic rings. The lowest BCUT2D eigenvalue weighted by atomic mass is 10.0.